The standard InChI is InChI=1S/C24H28N6O/c1-17-8-9-21(18(2)14-17)29-10-12-30(13-11-29)24-27-16-20(22(25)28-24)23(31)26-15-19-6-4-3-5-7-19/h3-9,14,16H,10-13,15H2,1-2H3,(H,26,31)(H2,25,27,28). The van der Waals surface area contributed by atoms with Gasteiger partial charge in [-0.05, 0) is 31.0 Å². The molecule has 0 radical (unpaired) electrons. The third-order valence-electron chi connectivity index (χ3n) is 5.60. The average Bonchev–Trinajstić information content (AvgIpc) is 2.78. The van der Waals surface area contributed by atoms with Crippen LogP contribution in [0.25, 0.3) is 0 Å². The first-order valence-electron chi connectivity index (χ1n) is 10.5. The molecule has 160 valence electrons. The molecule has 0 saturated carbocycles. The average molecular weight is 417 g/mol. The highest BCUT2D eigenvalue weighted by Crippen LogP contribution is 2.24. The lowest BCUT2D eigenvalue weighted by molar-refractivity contribution is 0.0951. The largest absolute Gasteiger partial charge is 0.383 e. The van der Waals surface area contributed by atoms with Gasteiger partial charge in [-0.15, -0.1) is 0 Å². The zero-order valence-corrected chi connectivity index (χ0v) is 18.0. The summed E-state index contributed by atoms with van der Waals surface area (Å²) in [4.78, 5) is 25.8. The van der Waals surface area contributed by atoms with Gasteiger partial charge in [0.05, 0.1) is 5.56 Å². The lowest BCUT2D eigenvalue weighted by Crippen LogP contribution is -2.47. The smallest absolute Gasteiger partial charge is 0.256 e. The number of nitrogens with zero attached hydrogens (tertiary/aromatic N) is 4. The SMILES string of the molecule is Cc1ccc(N2CCN(c3ncc(C(=O)NCc4ccccc4)c(N)n3)CC2)c(C)c1. The molecule has 1 amide bonds. The number of carbonyl (C=O) groups excluding carboxylic acids is 1. The fraction of sp³-hybridized carbons (Fsp3) is 0.292. The van der Waals surface area contributed by atoms with E-state index in [1.54, 1.807) is 0 Å². The molecule has 3 aromatic rings. The molecular formula is C24H28N6O. The fourth-order valence-electron chi connectivity index (χ4n) is 3.89. The van der Waals surface area contributed by atoms with Crippen LogP contribution in [0, 0.1) is 13.8 Å². The first-order chi connectivity index (χ1) is 15.0. The first kappa shape index (κ1) is 20.7. The van der Waals surface area contributed by atoms with Crippen LogP contribution < -0.4 is 20.9 Å². The van der Waals surface area contributed by atoms with Crippen LogP contribution in [0.15, 0.2) is 54.7 Å². The van der Waals surface area contributed by atoms with E-state index in [2.05, 4.69) is 57.1 Å². The quantitative estimate of drug-likeness (QED) is 0.665. The number of hydrogen-bond donors (Lipinski definition) is 2. The van der Waals surface area contributed by atoms with E-state index in [-0.39, 0.29) is 11.7 Å². The Hall–Kier alpha value is -3.61. The molecule has 1 aromatic heterocycles. The van der Waals surface area contributed by atoms with Gasteiger partial charge >= 0.3 is 0 Å². The zero-order chi connectivity index (χ0) is 21.8. The van der Waals surface area contributed by atoms with Crippen LogP contribution in [-0.4, -0.2) is 42.1 Å². The van der Waals surface area contributed by atoms with Gasteiger partial charge in [0, 0.05) is 44.6 Å². The van der Waals surface area contributed by atoms with Gasteiger partial charge in [0.25, 0.3) is 5.91 Å². The Kier molecular flexibility index (Phi) is 6.02. The van der Waals surface area contributed by atoms with E-state index in [9.17, 15) is 4.79 Å². The van der Waals surface area contributed by atoms with E-state index < -0.39 is 0 Å². The van der Waals surface area contributed by atoms with Crippen molar-refractivity contribution < 1.29 is 4.79 Å². The van der Waals surface area contributed by atoms with E-state index in [0.29, 0.717) is 18.1 Å². The Morgan fingerprint density at radius 2 is 1.74 bits per heavy atom. The number of nitrogens with one attached hydrogen (secondary N) is 1. The first-order valence-corrected chi connectivity index (χ1v) is 10.5. The molecule has 0 aliphatic carbocycles. The van der Waals surface area contributed by atoms with Crippen molar-refractivity contribution in [2.45, 2.75) is 20.4 Å². The van der Waals surface area contributed by atoms with Crippen molar-refractivity contribution in [1.29, 1.82) is 0 Å². The van der Waals surface area contributed by atoms with Crippen molar-refractivity contribution >= 4 is 23.4 Å². The number of amides is 1. The van der Waals surface area contributed by atoms with Crippen LogP contribution in [0.5, 0.6) is 0 Å². The molecule has 0 spiro atoms. The Morgan fingerprint density at radius 3 is 2.42 bits per heavy atom. The predicted octanol–water partition coefficient (Wildman–Crippen LogP) is 2.93. The minimum absolute atomic E-state index is 0.201. The molecule has 1 saturated heterocycles. The molecule has 0 bridgehead atoms. The minimum atomic E-state index is -0.271. The van der Waals surface area contributed by atoms with Crippen molar-refractivity contribution in [3.8, 4) is 0 Å². The molecule has 0 atom stereocenters. The molecule has 3 N–H and O–H groups in total. The molecule has 2 heterocycles. The summed E-state index contributed by atoms with van der Waals surface area (Å²) < 4.78 is 0. The van der Waals surface area contributed by atoms with E-state index >= 15 is 0 Å². The monoisotopic (exact) mass is 416 g/mol. The normalized spacial score (nSPS) is 13.9. The van der Waals surface area contributed by atoms with Crippen molar-refractivity contribution in [2.24, 2.45) is 0 Å². The summed E-state index contributed by atoms with van der Waals surface area (Å²) >= 11 is 0. The number of benzene rings is 2. The third-order valence-corrected chi connectivity index (χ3v) is 5.60. The highest BCUT2D eigenvalue weighted by Gasteiger charge is 2.22. The molecular weight excluding hydrogens is 388 g/mol. The Labute approximate surface area is 182 Å². The highest BCUT2D eigenvalue weighted by molar-refractivity contribution is 5.98. The maximum absolute atomic E-state index is 12.5. The lowest BCUT2D eigenvalue weighted by atomic mass is 10.1. The summed E-state index contributed by atoms with van der Waals surface area (Å²) in [6, 6.07) is 16.3. The highest BCUT2D eigenvalue weighted by atomic mass is 16.1. The van der Waals surface area contributed by atoms with Gasteiger partial charge in [-0.3, -0.25) is 4.79 Å². The van der Waals surface area contributed by atoms with E-state index in [1.165, 1.54) is 23.0 Å². The molecule has 4 rings (SSSR count). The Bertz CT molecular complexity index is 1060. The summed E-state index contributed by atoms with van der Waals surface area (Å²) in [7, 11) is 0. The van der Waals surface area contributed by atoms with Crippen LogP contribution in [0.4, 0.5) is 17.5 Å². The maximum Gasteiger partial charge on any atom is 0.256 e. The number of piperazine rings is 1. The van der Waals surface area contributed by atoms with Gasteiger partial charge in [0.15, 0.2) is 0 Å². The molecule has 2 aromatic carbocycles. The van der Waals surface area contributed by atoms with E-state index in [4.69, 9.17) is 5.73 Å². The molecule has 1 aliphatic heterocycles. The minimum Gasteiger partial charge on any atom is -0.383 e. The molecule has 7 nitrogen and oxygen atoms in total. The number of aryl methyl sites for hydroxylation is 2. The van der Waals surface area contributed by atoms with Gasteiger partial charge in [-0.1, -0.05) is 48.0 Å². The number of aromatic nitrogens is 2. The molecule has 7 heteroatoms. The van der Waals surface area contributed by atoms with Gasteiger partial charge in [0.1, 0.15) is 5.82 Å². The number of rotatable bonds is 5. The van der Waals surface area contributed by atoms with Gasteiger partial charge < -0.3 is 20.9 Å². The van der Waals surface area contributed by atoms with E-state index in [1.807, 2.05) is 30.3 Å². The number of anilines is 3. The summed E-state index contributed by atoms with van der Waals surface area (Å²) in [5, 5.41) is 2.87. The van der Waals surface area contributed by atoms with Gasteiger partial charge in [-0.2, -0.15) is 4.98 Å². The maximum atomic E-state index is 12.5. The van der Waals surface area contributed by atoms with Crippen LogP contribution in [0.3, 0.4) is 0 Å². The van der Waals surface area contributed by atoms with Crippen molar-refractivity contribution in [1.82, 2.24) is 15.3 Å². The van der Waals surface area contributed by atoms with Crippen LogP contribution >= 0.6 is 0 Å². The molecule has 1 fully saturated rings. The fourth-order valence-corrected chi connectivity index (χ4v) is 3.89. The number of hydrogen-bond acceptors (Lipinski definition) is 6. The second kappa shape index (κ2) is 9.04. The predicted molar refractivity (Wildman–Crippen MR) is 124 cm³/mol. The summed E-state index contributed by atoms with van der Waals surface area (Å²) in [5.41, 5.74) is 11.3. The number of nitrogen functional groups attached to an aromatic ring is 1. The molecule has 0 unspecified atom stereocenters. The molecule has 1 aliphatic rings. The van der Waals surface area contributed by atoms with Gasteiger partial charge in [-0.25, -0.2) is 4.98 Å². The second-order valence-corrected chi connectivity index (χ2v) is 7.90. The second-order valence-electron chi connectivity index (χ2n) is 7.90. The molecule has 31 heavy (non-hydrogen) atoms. The third kappa shape index (κ3) is 4.77. The van der Waals surface area contributed by atoms with Crippen molar-refractivity contribution in [2.75, 3.05) is 41.7 Å². The van der Waals surface area contributed by atoms with Crippen molar-refractivity contribution in [3.63, 3.8) is 0 Å². The van der Waals surface area contributed by atoms with E-state index in [0.717, 1.165) is 31.7 Å². The summed E-state index contributed by atoms with van der Waals surface area (Å²) in [6.45, 7) is 8.06. The lowest BCUT2D eigenvalue weighted by Gasteiger charge is -2.37. The van der Waals surface area contributed by atoms with Crippen LogP contribution in [-0.2, 0) is 6.54 Å². The summed E-state index contributed by atoms with van der Waals surface area (Å²) in [5.74, 6) is 0.498. The zero-order valence-electron chi connectivity index (χ0n) is 18.0. The number of carbonyl (C=O) groups is 1. The van der Waals surface area contributed by atoms with Crippen LogP contribution in [0.2, 0.25) is 0 Å². The Balaban J connectivity index is 1.37. The topological polar surface area (TPSA) is 87.4 Å². The Morgan fingerprint density at radius 1 is 1.03 bits per heavy atom. The van der Waals surface area contributed by atoms with Crippen LogP contribution in [0.1, 0.15) is 27.0 Å². The number of nitrogens with two attached hydrogens (primary N) is 1. The van der Waals surface area contributed by atoms with Crippen molar-refractivity contribution in [3.05, 3.63) is 77.0 Å². The summed E-state index contributed by atoms with van der Waals surface area (Å²) in [6.07, 6.45) is 1.52. The van der Waals surface area contributed by atoms with Gasteiger partial charge in [0.2, 0.25) is 5.95 Å².